The lowest BCUT2D eigenvalue weighted by Crippen LogP contribution is -2.45. The molecule has 3 aliphatic rings. The number of hydrogen-bond donors (Lipinski definition) is 2. The summed E-state index contributed by atoms with van der Waals surface area (Å²) in [4.78, 5) is 19.0. The maximum atomic E-state index is 12.2. The molecule has 6 nitrogen and oxygen atoms in total. The zero-order valence-corrected chi connectivity index (χ0v) is 13.8. The van der Waals surface area contributed by atoms with Gasteiger partial charge in [0.2, 0.25) is 0 Å². The lowest BCUT2D eigenvalue weighted by molar-refractivity contribution is 0.178. The van der Waals surface area contributed by atoms with Crippen molar-refractivity contribution in [1.29, 1.82) is 0 Å². The third kappa shape index (κ3) is 3.51. The van der Waals surface area contributed by atoms with Gasteiger partial charge in [0.25, 0.3) is 0 Å². The van der Waals surface area contributed by atoms with Crippen molar-refractivity contribution in [3.63, 3.8) is 0 Å². The first kappa shape index (κ1) is 15.0. The average molecular weight is 317 g/mol. The number of piperidine rings is 1. The number of aromatic nitrogens is 3. The largest absolute Gasteiger partial charge is 0.335 e. The van der Waals surface area contributed by atoms with E-state index >= 15 is 0 Å². The highest BCUT2D eigenvalue weighted by Crippen LogP contribution is 2.32. The monoisotopic (exact) mass is 317 g/mol. The topological polar surface area (TPSA) is 73.9 Å². The second-order valence-electron chi connectivity index (χ2n) is 7.42. The van der Waals surface area contributed by atoms with Crippen molar-refractivity contribution < 1.29 is 4.79 Å². The summed E-state index contributed by atoms with van der Waals surface area (Å²) >= 11 is 0. The molecule has 0 aromatic carbocycles. The first-order valence-electron chi connectivity index (χ1n) is 9.27. The summed E-state index contributed by atoms with van der Waals surface area (Å²) in [5.41, 5.74) is 0. The van der Waals surface area contributed by atoms with Crippen molar-refractivity contribution in [3.8, 4) is 0 Å². The van der Waals surface area contributed by atoms with E-state index < -0.39 is 0 Å². The van der Waals surface area contributed by atoms with Gasteiger partial charge in [0, 0.05) is 31.0 Å². The average Bonchev–Trinajstić information content (AvgIpc) is 3.27. The molecule has 4 rings (SSSR count). The van der Waals surface area contributed by atoms with Gasteiger partial charge in [0.1, 0.15) is 5.82 Å². The van der Waals surface area contributed by atoms with Crippen LogP contribution in [0.3, 0.4) is 0 Å². The standard InChI is InChI=1S/C17H27N5O/c23-17(18-14-8-9-14)22-10-4-7-13(11-22)16-19-15(20-21-16)12-5-2-1-3-6-12/h12-14H,1-11H2,(H,18,23)(H,19,20,21)/t13-/m0/s1. The molecule has 2 amide bonds. The van der Waals surface area contributed by atoms with E-state index in [-0.39, 0.29) is 11.9 Å². The van der Waals surface area contributed by atoms with Gasteiger partial charge in [-0.1, -0.05) is 19.3 Å². The molecule has 6 heteroatoms. The number of rotatable bonds is 3. The van der Waals surface area contributed by atoms with Gasteiger partial charge in [-0.15, -0.1) is 0 Å². The van der Waals surface area contributed by atoms with Crippen LogP contribution in [0.25, 0.3) is 0 Å². The van der Waals surface area contributed by atoms with Crippen LogP contribution in [0.2, 0.25) is 0 Å². The van der Waals surface area contributed by atoms with E-state index in [1.54, 1.807) is 0 Å². The van der Waals surface area contributed by atoms with Gasteiger partial charge in [-0.3, -0.25) is 5.10 Å². The Morgan fingerprint density at radius 1 is 1.04 bits per heavy atom. The van der Waals surface area contributed by atoms with Crippen LogP contribution >= 0.6 is 0 Å². The predicted molar refractivity (Wildman–Crippen MR) is 87.3 cm³/mol. The van der Waals surface area contributed by atoms with Crippen LogP contribution in [0.4, 0.5) is 4.79 Å². The Labute approximate surface area is 137 Å². The number of aromatic amines is 1. The van der Waals surface area contributed by atoms with Gasteiger partial charge < -0.3 is 10.2 Å². The number of nitrogens with one attached hydrogen (secondary N) is 2. The molecule has 1 aromatic rings. The molecule has 23 heavy (non-hydrogen) atoms. The third-order valence-electron chi connectivity index (χ3n) is 5.49. The SMILES string of the molecule is O=C(NC1CC1)N1CCC[C@H](c2n[nH]c(C3CCCCC3)n2)C1. The molecular formula is C17H27N5O. The zero-order chi connectivity index (χ0) is 15.6. The molecule has 1 aromatic heterocycles. The highest BCUT2D eigenvalue weighted by Gasteiger charge is 2.31. The van der Waals surface area contributed by atoms with Gasteiger partial charge in [-0.05, 0) is 38.5 Å². The lowest BCUT2D eigenvalue weighted by Gasteiger charge is -2.31. The number of hydrogen-bond acceptors (Lipinski definition) is 3. The molecule has 3 fully saturated rings. The smallest absolute Gasteiger partial charge is 0.317 e. The lowest BCUT2D eigenvalue weighted by atomic mass is 9.89. The Balaban J connectivity index is 1.38. The maximum absolute atomic E-state index is 12.2. The van der Waals surface area contributed by atoms with Gasteiger partial charge >= 0.3 is 6.03 Å². The summed E-state index contributed by atoms with van der Waals surface area (Å²) in [5, 5.41) is 10.8. The Morgan fingerprint density at radius 2 is 1.83 bits per heavy atom. The summed E-state index contributed by atoms with van der Waals surface area (Å²) in [6, 6.07) is 0.518. The molecule has 2 N–H and O–H groups in total. The molecule has 2 aliphatic carbocycles. The van der Waals surface area contributed by atoms with Gasteiger partial charge in [-0.25, -0.2) is 9.78 Å². The molecule has 2 heterocycles. The number of H-pyrrole nitrogens is 1. The minimum Gasteiger partial charge on any atom is -0.335 e. The third-order valence-corrected chi connectivity index (χ3v) is 5.49. The fraction of sp³-hybridized carbons (Fsp3) is 0.824. The highest BCUT2D eigenvalue weighted by atomic mass is 16.2. The van der Waals surface area contributed by atoms with Crippen molar-refractivity contribution in [2.24, 2.45) is 0 Å². The Kier molecular flexibility index (Phi) is 4.23. The summed E-state index contributed by atoms with van der Waals surface area (Å²) in [6.07, 6.45) is 10.8. The van der Waals surface area contributed by atoms with Crippen molar-refractivity contribution in [3.05, 3.63) is 11.6 Å². The van der Waals surface area contributed by atoms with Gasteiger partial charge in [0.15, 0.2) is 5.82 Å². The van der Waals surface area contributed by atoms with Crippen LogP contribution in [0.1, 0.15) is 81.3 Å². The summed E-state index contributed by atoms with van der Waals surface area (Å²) in [6.45, 7) is 1.61. The van der Waals surface area contributed by atoms with E-state index in [9.17, 15) is 4.79 Å². The molecule has 126 valence electrons. The van der Waals surface area contributed by atoms with E-state index in [4.69, 9.17) is 4.98 Å². The maximum Gasteiger partial charge on any atom is 0.317 e. The fourth-order valence-electron chi connectivity index (χ4n) is 3.90. The number of nitrogens with zero attached hydrogens (tertiary/aromatic N) is 3. The highest BCUT2D eigenvalue weighted by molar-refractivity contribution is 5.75. The van der Waals surface area contributed by atoms with Crippen LogP contribution in [0, 0.1) is 0 Å². The van der Waals surface area contributed by atoms with Crippen LogP contribution in [-0.4, -0.2) is 45.2 Å². The minimum absolute atomic E-state index is 0.0974. The number of urea groups is 1. The molecule has 0 spiro atoms. The predicted octanol–water partition coefficient (Wildman–Crippen LogP) is 2.90. The van der Waals surface area contributed by atoms with Crippen molar-refractivity contribution in [2.75, 3.05) is 13.1 Å². The van der Waals surface area contributed by atoms with E-state index in [1.807, 2.05) is 4.90 Å². The Bertz CT molecular complexity index is 547. The van der Waals surface area contributed by atoms with Crippen LogP contribution in [-0.2, 0) is 0 Å². The second-order valence-corrected chi connectivity index (χ2v) is 7.42. The Morgan fingerprint density at radius 3 is 2.61 bits per heavy atom. The van der Waals surface area contributed by atoms with E-state index in [0.717, 1.165) is 50.4 Å². The minimum atomic E-state index is 0.0974. The molecule has 0 radical (unpaired) electrons. The molecule has 2 saturated carbocycles. The molecule has 1 saturated heterocycles. The molecular weight excluding hydrogens is 290 g/mol. The summed E-state index contributed by atoms with van der Waals surface area (Å²) in [5.74, 6) is 2.82. The quantitative estimate of drug-likeness (QED) is 0.900. The zero-order valence-electron chi connectivity index (χ0n) is 13.8. The number of likely N-dealkylation sites (tertiary alicyclic amines) is 1. The van der Waals surface area contributed by atoms with Crippen LogP contribution in [0.5, 0.6) is 0 Å². The first-order valence-corrected chi connectivity index (χ1v) is 9.27. The Hall–Kier alpha value is -1.59. The number of carbonyl (C=O) groups is 1. The van der Waals surface area contributed by atoms with Crippen molar-refractivity contribution in [2.45, 2.75) is 75.7 Å². The molecule has 0 bridgehead atoms. The molecule has 0 unspecified atom stereocenters. The normalized spacial score (nSPS) is 26.3. The van der Waals surface area contributed by atoms with E-state index in [0.29, 0.717) is 12.0 Å². The van der Waals surface area contributed by atoms with Crippen molar-refractivity contribution in [1.82, 2.24) is 25.4 Å². The van der Waals surface area contributed by atoms with E-state index in [1.165, 1.54) is 32.1 Å². The first-order chi connectivity index (χ1) is 11.3. The van der Waals surface area contributed by atoms with Crippen LogP contribution < -0.4 is 5.32 Å². The number of carbonyl (C=O) groups excluding carboxylic acids is 1. The summed E-state index contributed by atoms with van der Waals surface area (Å²) < 4.78 is 0. The summed E-state index contributed by atoms with van der Waals surface area (Å²) in [7, 11) is 0. The van der Waals surface area contributed by atoms with E-state index in [2.05, 4.69) is 15.5 Å². The fourth-order valence-corrected chi connectivity index (χ4v) is 3.90. The van der Waals surface area contributed by atoms with Gasteiger partial charge in [0.05, 0.1) is 0 Å². The number of amides is 2. The molecule has 1 atom stereocenters. The van der Waals surface area contributed by atoms with Crippen LogP contribution in [0.15, 0.2) is 0 Å². The van der Waals surface area contributed by atoms with Gasteiger partial charge in [-0.2, -0.15) is 5.10 Å². The molecule has 1 aliphatic heterocycles. The second kappa shape index (κ2) is 6.49. The van der Waals surface area contributed by atoms with Crippen molar-refractivity contribution >= 4 is 6.03 Å².